The molecule has 1 unspecified atom stereocenters. The fraction of sp³-hybridized carbons (Fsp3) is 0.435. The number of ether oxygens (including phenoxy) is 1. The van der Waals surface area contributed by atoms with E-state index < -0.39 is 17.5 Å². The van der Waals surface area contributed by atoms with Crippen molar-refractivity contribution < 1.29 is 19.4 Å². The molecule has 1 saturated heterocycles. The van der Waals surface area contributed by atoms with E-state index in [4.69, 9.17) is 4.74 Å². The number of aryl methyl sites for hydroxylation is 1. The molecule has 1 fully saturated rings. The molecule has 4 rings (SSSR count). The van der Waals surface area contributed by atoms with Crippen LogP contribution < -0.4 is 9.64 Å². The van der Waals surface area contributed by atoms with Crippen LogP contribution in [0.15, 0.2) is 42.6 Å². The summed E-state index contributed by atoms with van der Waals surface area (Å²) >= 11 is 0. The lowest BCUT2D eigenvalue weighted by molar-refractivity contribution is -0.181. The lowest BCUT2D eigenvalue weighted by Gasteiger charge is -2.44. The number of aliphatic carboxylic acids is 1. The third-order valence-electron chi connectivity index (χ3n) is 6.05. The van der Waals surface area contributed by atoms with Gasteiger partial charge < -0.3 is 14.7 Å². The highest BCUT2D eigenvalue weighted by Gasteiger charge is 2.52. The minimum atomic E-state index is -2.02. The third kappa shape index (κ3) is 3.65. The van der Waals surface area contributed by atoms with E-state index >= 15 is 0 Å². The van der Waals surface area contributed by atoms with Crippen molar-refractivity contribution in [2.75, 3.05) is 31.1 Å². The number of piperazine rings is 1. The van der Waals surface area contributed by atoms with Gasteiger partial charge in [-0.2, -0.15) is 0 Å². The summed E-state index contributed by atoms with van der Waals surface area (Å²) in [5.74, 6) is -1.46. The Morgan fingerprint density at radius 3 is 2.40 bits per heavy atom. The summed E-state index contributed by atoms with van der Waals surface area (Å²) in [6, 6.07) is 10.7. The maximum Gasteiger partial charge on any atom is 0.372 e. The number of hydrogen-bond donors (Lipinski definition) is 1. The molecule has 1 aromatic carbocycles. The van der Waals surface area contributed by atoms with E-state index in [1.54, 1.807) is 29.2 Å². The highest BCUT2D eigenvalue weighted by Crippen LogP contribution is 2.31. The Morgan fingerprint density at radius 1 is 1.03 bits per heavy atom. The summed E-state index contributed by atoms with van der Waals surface area (Å²) in [7, 11) is 0. The van der Waals surface area contributed by atoms with Gasteiger partial charge in [-0.25, -0.2) is 9.69 Å². The van der Waals surface area contributed by atoms with Gasteiger partial charge in [0.2, 0.25) is 5.78 Å². The number of hydrogen-bond acceptors (Lipinski definition) is 6. The second-order valence-electron chi connectivity index (χ2n) is 7.86. The molecule has 1 N–H and O–H groups in total. The monoisotopic (exact) mass is 409 g/mol. The highest BCUT2D eigenvalue weighted by molar-refractivity contribution is 6.05. The maximum atomic E-state index is 12.6. The van der Waals surface area contributed by atoms with E-state index in [1.807, 2.05) is 12.3 Å². The van der Waals surface area contributed by atoms with Crippen LogP contribution in [-0.4, -0.2) is 58.6 Å². The van der Waals surface area contributed by atoms with Crippen LogP contribution in [0.1, 0.15) is 31.0 Å². The Bertz CT molecular complexity index is 909. The van der Waals surface area contributed by atoms with E-state index in [2.05, 4.69) is 16.0 Å². The maximum absolute atomic E-state index is 12.6. The number of anilines is 1. The molecule has 158 valence electrons. The molecule has 0 radical (unpaired) electrons. The number of fused-ring (bicyclic) bond motifs is 1. The van der Waals surface area contributed by atoms with Gasteiger partial charge in [0.25, 0.3) is 0 Å². The van der Waals surface area contributed by atoms with Crippen molar-refractivity contribution in [1.29, 1.82) is 0 Å². The Hall–Kier alpha value is -2.93. The van der Waals surface area contributed by atoms with Crippen molar-refractivity contribution in [3.05, 3.63) is 53.9 Å². The summed E-state index contributed by atoms with van der Waals surface area (Å²) in [6.45, 7) is 3.35. The molecule has 1 aliphatic carbocycles. The number of rotatable bonds is 6. The van der Waals surface area contributed by atoms with E-state index in [1.165, 1.54) is 36.7 Å². The summed E-state index contributed by atoms with van der Waals surface area (Å²) < 4.78 is 5.84. The van der Waals surface area contributed by atoms with Gasteiger partial charge in [-0.15, -0.1) is 0 Å². The van der Waals surface area contributed by atoms with Gasteiger partial charge in [0, 0.05) is 50.7 Å². The second kappa shape index (κ2) is 8.44. The predicted molar refractivity (Wildman–Crippen MR) is 113 cm³/mol. The zero-order chi connectivity index (χ0) is 21.1. The molecule has 2 heterocycles. The molecule has 1 aromatic heterocycles. The van der Waals surface area contributed by atoms with Crippen LogP contribution in [0, 0.1) is 0 Å². The number of carboxylic acid groups (broad SMARTS) is 1. The summed E-state index contributed by atoms with van der Waals surface area (Å²) in [5, 5.41) is 10.0. The van der Waals surface area contributed by atoms with E-state index in [9.17, 15) is 14.7 Å². The van der Waals surface area contributed by atoms with Gasteiger partial charge in [-0.3, -0.25) is 9.78 Å². The fourth-order valence-corrected chi connectivity index (χ4v) is 4.51. The Labute approximate surface area is 176 Å². The minimum absolute atomic E-state index is 0.362. The molecule has 1 aliphatic heterocycles. The molecule has 7 heteroatoms. The first-order valence-corrected chi connectivity index (χ1v) is 10.5. The Kier molecular flexibility index (Phi) is 5.72. The van der Waals surface area contributed by atoms with Crippen molar-refractivity contribution in [3.63, 3.8) is 0 Å². The van der Waals surface area contributed by atoms with Crippen LogP contribution in [0.3, 0.4) is 0 Å². The van der Waals surface area contributed by atoms with Crippen molar-refractivity contribution in [2.24, 2.45) is 0 Å². The number of nitrogens with zero attached hydrogens (tertiary/aromatic N) is 3. The molecule has 0 bridgehead atoms. The van der Waals surface area contributed by atoms with Gasteiger partial charge in [0.15, 0.2) is 0 Å². The fourth-order valence-electron chi connectivity index (χ4n) is 4.51. The molecule has 0 spiro atoms. The summed E-state index contributed by atoms with van der Waals surface area (Å²) in [6.07, 6.45) is 6.25. The first-order chi connectivity index (χ1) is 14.5. The normalized spacial score (nSPS) is 18.9. The molecule has 2 aromatic rings. The number of para-hydroxylation sites is 1. The van der Waals surface area contributed by atoms with Gasteiger partial charge >= 0.3 is 11.7 Å². The predicted octanol–water partition coefficient (Wildman–Crippen LogP) is 2.53. The molecular weight excluding hydrogens is 382 g/mol. The summed E-state index contributed by atoms with van der Waals surface area (Å²) in [4.78, 5) is 33.4. The number of carbonyl (C=O) groups excluding carboxylic acids is 1. The SMILES string of the molecule is CC(=O)C(Oc1ccccc1)(C(=O)O)N1CCN(c2ccnc3c2CCCC3)CC1. The number of aromatic nitrogens is 1. The van der Waals surface area contributed by atoms with Crippen molar-refractivity contribution >= 4 is 17.4 Å². The quantitative estimate of drug-likeness (QED) is 0.734. The molecule has 30 heavy (non-hydrogen) atoms. The van der Waals surface area contributed by atoms with Crippen LogP contribution >= 0.6 is 0 Å². The molecular formula is C23H27N3O4. The van der Waals surface area contributed by atoms with Crippen molar-refractivity contribution in [2.45, 2.75) is 38.3 Å². The molecule has 0 amide bonds. The minimum Gasteiger partial charge on any atom is -0.477 e. The number of benzene rings is 1. The zero-order valence-electron chi connectivity index (χ0n) is 17.2. The van der Waals surface area contributed by atoms with Crippen LogP contribution in [0.4, 0.5) is 5.69 Å². The van der Waals surface area contributed by atoms with E-state index in [0.717, 1.165) is 12.8 Å². The van der Waals surface area contributed by atoms with Crippen LogP contribution in [0.5, 0.6) is 5.75 Å². The first-order valence-electron chi connectivity index (χ1n) is 10.5. The smallest absolute Gasteiger partial charge is 0.372 e. The average Bonchev–Trinajstić information content (AvgIpc) is 2.77. The van der Waals surface area contributed by atoms with Gasteiger partial charge in [-0.05, 0) is 49.4 Å². The van der Waals surface area contributed by atoms with E-state index in [-0.39, 0.29) is 0 Å². The lowest BCUT2D eigenvalue weighted by Crippen LogP contribution is -2.67. The standard InChI is InChI=1S/C23H27N3O4/c1-17(27)23(22(28)29,30-18-7-3-2-4-8-18)26-15-13-25(14-16-26)21-11-12-24-20-10-6-5-9-19(20)21/h2-4,7-8,11-12H,5-6,9-10,13-16H2,1H3,(H,28,29). The highest BCUT2D eigenvalue weighted by atomic mass is 16.6. The van der Waals surface area contributed by atoms with Gasteiger partial charge in [-0.1, -0.05) is 18.2 Å². The number of ketones is 1. The van der Waals surface area contributed by atoms with Gasteiger partial charge in [0.05, 0.1) is 0 Å². The van der Waals surface area contributed by atoms with Crippen LogP contribution in [0.2, 0.25) is 0 Å². The number of carbonyl (C=O) groups is 2. The summed E-state index contributed by atoms with van der Waals surface area (Å²) in [5.41, 5.74) is 1.66. The lowest BCUT2D eigenvalue weighted by atomic mass is 9.94. The molecule has 7 nitrogen and oxygen atoms in total. The number of pyridine rings is 1. The second-order valence-corrected chi connectivity index (χ2v) is 7.86. The molecule has 2 aliphatic rings. The zero-order valence-corrected chi connectivity index (χ0v) is 17.2. The topological polar surface area (TPSA) is 83.0 Å². The Morgan fingerprint density at radius 2 is 1.73 bits per heavy atom. The van der Waals surface area contributed by atoms with Crippen LogP contribution in [-0.2, 0) is 22.4 Å². The van der Waals surface area contributed by atoms with Crippen LogP contribution in [0.25, 0.3) is 0 Å². The number of carboxylic acids is 1. The average molecular weight is 409 g/mol. The number of Topliss-reactive ketones (excluding diaryl/α,β-unsaturated/α-hetero) is 1. The molecule has 1 atom stereocenters. The van der Waals surface area contributed by atoms with E-state index in [0.29, 0.717) is 31.9 Å². The van der Waals surface area contributed by atoms with Crippen molar-refractivity contribution in [3.8, 4) is 5.75 Å². The first kappa shape index (κ1) is 20.3. The van der Waals surface area contributed by atoms with Gasteiger partial charge in [0.1, 0.15) is 5.75 Å². The third-order valence-corrected chi connectivity index (χ3v) is 6.05. The largest absolute Gasteiger partial charge is 0.477 e. The van der Waals surface area contributed by atoms with Crippen molar-refractivity contribution in [1.82, 2.24) is 9.88 Å². The molecule has 0 saturated carbocycles. The Balaban J connectivity index is 1.56.